The first kappa shape index (κ1) is 8.87. The van der Waals surface area contributed by atoms with Gasteiger partial charge in [-0.15, -0.1) is 11.5 Å². The average Bonchev–Trinajstić information content (AvgIpc) is 1.73. The molecule has 0 aromatic carbocycles. The molecule has 1 fully saturated rings. The summed E-state index contributed by atoms with van der Waals surface area (Å²) in [7, 11) is -1.07. The maximum absolute atomic E-state index is 3.41. The van der Waals surface area contributed by atoms with Crippen LogP contribution in [0.15, 0.2) is 0 Å². The van der Waals surface area contributed by atoms with Crippen LogP contribution in [0.5, 0.6) is 0 Å². The maximum Gasteiger partial charge on any atom is 0.129 e. The molecule has 0 radical (unpaired) electrons. The fourth-order valence-corrected chi connectivity index (χ4v) is 1.79. The average molecular weight is 166 g/mol. The fourth-order valence-electron chi connectivity index (χ4n) is 1.16. The lowest BCUT2D eigenvalue weighted by Crippen LogP contribution is -2.17. The molecule has 0 aromatic rings. The van der Waals surface area contributed by atoms with Gasteiger partial charge in [-0.2, -0.15) is 0 Å². The number of rotatable bonds is 1. The van der Waals surface area contributed by atoms with Gasteiger partial charge in [-0.25, -0.2) is 0 Å². The summed E-state index contributed by atoms with van der Waals surface area (Å²) in [6, 6.07) is 0. The molecule has 0 saturated heterocycles. The van der Waals surface area contributed by atoms with Gasteiger partial charge in [-0.05, 0) is 18.8 Å². The molecule has 0 amide bonds. The molecule has 1 saturated carbocycles. The molecule has 1 aliphatic rings. The number of hydrogen-bond acceptors (Lipinski definition) is 0. The monoisotopic (exact) mass is 166 g/mol. The zero-order valence-electron chi connectivity index (χ0n) is 7.91. The van der Waals surface area contributed by atoms with Crippen molar-refractivity contribution in [1.29, 1.82) is 0 Å². The van der Waals surface area contributed by atoms with E-state index < -0.39 is 8.07 Å². The van der Waals surface area contributed by atoms with E-state index >= 15 is 0 Å². The van der Waals surface area contributed by atoms with Gasteiger partial charge in [0.05, 0.1) is 0 Å². The molecule has 62 valence electrons. The summed E-state index contributed by atoms with van der Waals surface area (Å²) < 4.78 is 0. The quantitative estimate of drug-likeness (QED) is 0.415. The van der Waals surface area contributed by atoms with Gasteiger partial charge in [0.1, 0.15) is 8.07 Å². The highest BCUT2D eigenvalue weighted by molar-refractivity contribution is 6.83. The molecule has 0 N–H and O–H groups in total. The van der Waals surface area contributed by atoms with Crippen LogP contribution in [0.4, 0.5) is 0 Å². The summed E-state index contributed by atoms with van der Waals surface area (Å²) in [5.74, 6) is 4.30. The molecule has 1 aliphatic carbocycles. The van der Waals surface area contributed by atoms with Crippen LogP contribution >= 0.6 is 0 Å². The second kappa shape index (κ2) is 3.45. The molecule has 1 heteroatoms. The molecule has 0 bridgehead atoms. The first-order valence-corrected chi connectivity index (χ1v) is 8.08. The van der Waals surface area contributed by atoms with Crippen LogP contribution in [0, 0.1) is 17.4 Å². The van der Waals surface area contributed by atoms with Crippen LogP contribution < -0.4 is 0 Å². The third-order valence-electron chi connectivity index (χ3n) is 2.08. The van der Waals surface area contributed by atoms with Crippen LogP contribution in [0.3, 0.4) is 0 Å². The molecule has 0 atom stereocenters. The highest BCUT2D eigenvalue weighted by atomic mass is 28.3. The highest BCUT2D eigenvalue weighted by Crippen LogP contribution is 2.28. The molecule has 0 heterocycles. The second-order valence-electron chi connectivity index (χ2n) is 4.55. The van der Waals surface area contributed by atoms with E-state index in [2.05, 4.69) is 31.1 Å². The van der Waals surface area contributed by atoms with E-state index in [0.717, 1.165) is 5.92 Å². The van der Waals surface area contributed by atoms with Crippen LogP contribution in [0.1, 0.15) is 25.7 Å². The first-order valence-electron chi connectivity index (χ1n) is 4.58. The topological polar surface area (TPSA) is 0 Å². The van der Waals surface area contributed by atoms with Gasteiger partial charge >= 0.3 is 0 Å². The zero-order chi connectivity index (χ0) is 8.32. The van der Waals surface area contributed by atoms with Gasteiger partial charge in [0.25, 0.3) is 0 Å². The van der Waals surface area contributed by atoms with Crippen LogP contribution in [0.2, 0.25) is 19.6 Å². The summed E-state index contributed by atoms with van der Waals surface area (Å²) in [6.45, 7) is 6.92. The van der Waals surface area contributed by atoms with E-state index in [-0.39, 0.29) is 0 Å². The van der Waals surface area contributed by atoms with Crippen molar-refractivity contribution in [3.05, 3.63) is 0 Å². The maximum atomic E-state index is 3.41. The lowest BCUT2D eigenvalue weighted by atomic mass is 9.83. The predicted molar refractivity (Wildman–Crippen MR) is 53.1 cm³/mol. The Balaban J connectivity index is 2.21. The van der Waals surface area contributed by atoms with Gasteiger partial charge in [-0.3, -0.25) is 0 Å². The lowest BCUT2D eigenvalue weighted by Gasteiger charge is -2.22. The van der Waals surface area contributed by atoms with Crippen molar-refractivity contribution in [3.63, 3.8) is 0 Å². The minimum Gasteiger partial charge on any atom is -0.132 e. The SMILES string of the molecule is C[Si](C)(C)C#CCC1CCC1. The van der Waals surface area contributed by atoms with E-state index in [1.54, 1.807) is 0 Å². The molecule has 11 heavy (non-hydrogen) atoms. The molecule has 0 nitrogen and oxygen atoms in total. The normalized spacial score (nSPS) is 18.5. The summed E-state index contributed by atoms with van der Waals surface area (Å²) in [6.07, 6.45) is 5.48. The van der Waals surface area contributed by atoms with Gasteiger partial charge in [0, 0.05) is 6.42 Å². The van der Waals surface area contributed by atoms with Crippen molar-refractivity contribution < 1.29 is 0 Å². The molecular weight excluding hydrogens is 148 g/mol. The van der Waals surface area contributed by atoms with Crippen molar-refractivity contribution in [1.82, 2.24) is 0 Å². The van der Waals surface area contributed by atoms with E-state index in [9.17, 15) is 0 Å². The van der Waals surface area contributed by atoms with E-state index in [1.165, 1.54) is 25.7 Å². The smallest absolute Gasteiger partial charge is 0.129 e. The minimum atomic E-state index is -1.07. The summed E-state index contributed by atoms with van der Waals surface area (Å²) in [5.41, 5.74) is 3.41. The minimum absolute atomic E-state index is 0.957. The standard InChI is InChI=1S/C10H18Si/c1-11(2,3)9-5-8-10-6-4-7-10/h10H,4,6-8H2,1-3H3. The molecule has 0 aliphatic heterocycles. The Hall–Kier alpha value is -0.223. The van der Waals surface area contributed by atoms with E-state index in [4.69, 9.17) is 0 Å². The predicted octanol–water partition coefficient (Wildman–Crippen LogP) is 3.06. The van der Waals surface area contributed by atoms with Gasteiger partial charge in [0.15, 0.2) is 0 Å². The zero-order valence-corrected chi connectivity index (χ0v) is 8.91. The first-order chi connectivity index (χ1) is 5.08. The van der Waals surface area contributed by atoms with Crippen molar-refractivity contribution in [2.24, 2.45) is 5.92 Å². The summed E-state index contributed by atoms with van der Waals surface area (Å²) in [4.78, 5) is 0. The van der Waals surface area contributed by atoms with Crippen LogP contribution in [0.25, 0.3) is 0 Å². The van der Waals surface area contributed by atoms with E-state index in [0.29, 0.717) is 0 Å². The Labute approximate surface area is 71.4 Å². The Morgan fingerprint density at radius 2 is 1.91 bits per heavy atom. The van der Waals surface area contributed by atoms with Gasteiger partial charge in [-0.1, -0.05) is 26.1 Å². The molecule has 0 spiro atoms. The van der Waals surface area contributed by atoms with Crippen molar-refractivity contribution in [3.8, 4) is 11.5 Å². The van der Waals surface area contributed by atoms with Crippen LogP contribution in [-0.4, -0.2) is 8.07 Å². The fraction of sp³-hybridized carbons (Fsp3) is 0.800. The molecule has 0 unspecified atom stereocenters. The van der Waals surface area contributed by atoms with Crippen molar-refractivity contribution >= 4 is 8.07 Å². The Morgan fingerprint density at radius 3 is 2.27 bits per heavy atom. The Morgan fingerprint density at radius 1 is 1.27 bits per heavy atom. The number of hydrogen-bond donors (Lipinski definition) is 0. The third kappa shape index (κ3) is 3.62. The van der Waals surface area contributed by atoms with Crippen molar-refractivity contribution in [2.45, 2.75) is 45.3 Å². The summed E-state index contributed by atoms with van der Waals surface area (Å²) in [5, 5.41) is 0. The van der Waals surface area contributed by atoms with Gasteiger partial charge in [0.2, 0.25) is 0 Å². The molecular formula is C10H18Si. The van der Waals surface area contributed by atoms with E-state index in [1.807, 2.05) is 0 Å². The molecule has 1 rings (SSSR count). The lowest BCUT2D eigenvalue weighted by molar-refractivity contribution is 0.323. The Kier molecular flexibility index (Phi) is 2.78. The largest absolute Gasteiger partial charge is 0.132 e. The highest BCUT2D eigenvalue weighted by Gasteiger charge is 2.15. The van der Waals surface area contributed by atoms with Crippen LogP contribution in [-0.2, 0) is 0 Å². The molecule has 0 aromatic heterocycles. The third-order valence-corrected chi connectivity index (χ3v) is 3.01. The van der Waals surface area contributed by atoms with Gasteiger partial charge < -0.3 is 0 Å². The van der Waals surface area contributed by atoms with Crippen molar-refractivity contribution in [2.75, 3.05) is 0 Å². The Bertz CT molecular complexity index is 173. The summed E-state index contributed by atoms with van der Waals surface area (Å²) >= 11 is 0. The second-order valence-corrected chi connectivity index (χ2v) is 9.30.